The van der Waals surface area contributed by atoms with Crippen LogP contribution in [0, 0.1) is 17.2 Å². The molecule has 0 saturated carbocycles. The van der Waals surface area contributed by atoms with E-state index in [1.54, 1.807) is 30.9 Å². The Morgan fingerprint density at radius 1 is 1.26 bits per heavy atom. The van der Waals surface area contributed by atoms with Crippen molar-refractivity contribution in [1.29, 1.82) is 5.26 Å². The van der Waals surface area contributed by atoms with Crippen LogP contribution >= 0.6 is 0 Å². The van der Waals surface area contributed by atoms with E-state index in [0.717, 1.165) is 5.82 Å². The highest BCUT2D eigenvalue weighted by Gasteiger charge is 2.52. The van der Waals surface area contributed by atoms with E-state index in [1.807, 2.05) is 16.4 Å². The summed E-state index contributed by atoms with van der Waals surface area (Å²) in [5, 5.41) is 8.88. The average Bonchev–Trinajstić information content (AvgIpc) is 2.82. The third-order valence-corrected chi connectivity index (χ3v) is 5.84. The number of piperazine rings is 1. The Morgan fingerprint density at radius 2 is 1.97 bits per heavy atom. The second kappa shape index (κ2) is 11.7. The maximum Gasteiger partial charge on any atom is 0.403 e. The molecule has 0 spiro atoms. The summed E-state index contributed by atoms with van der Waals surface area (Å²) >= 11 is 0. The van der Waals surface area contributed by atoms with Gasteiger partial charge in [0.15, 0.2) is 5.92 Å². The van der Waals surface area contributed by atoms with Crippen molar-refractivity contribution >= 4 is 17.6 Å². The van der Waals surface area contributed by atoms with Crippen molar-refractivity contribution in [2.75, 3.05) is 44.2 Å². The zero-order chi connectivity index (χ0) is 25.6. The maximum absolute atomic E-state index is 13.2. The lowest BCUT2D eigenvalue weighted by Gasteiger charge is -2.36. The van der Waals surface area contributed by atoms with Crippen LogP contribution in [0.15, 0.2) is 18.3 Å². The van der Waals surface area contributed by atoms with E-state index in [1.165, 1.54) is 6.20 Å². The summed E-state index contributed by atoms with van der Waals surface area (Å²) in [4.78, 5) is 32.3. The Kier molecular flexibility index (Phi) is 8.87. The minimum Gasteiger partial charge on any atom is -0.375 e. The molecule has 0 aliphatic carbocycles. The van der Waals surface area contributed by atoms with Gasteiger partial charge in [-0.2, -0.15) is 18.4 Å². The van der Waals surface area contributed by atoms with Crippen LogP contribution < -0.4 is 15.8 Å². The number of amides is 2. The number of hydrazine groups is 1. The number of rotatable bonds is 8. The number of anilines is 1. The van der Waals surface area contributed by atoms with E-state index in [9.17, 15) is 22.8 Å². The van der Waals surface area contributed by atoms with Crippen molar-refractivity contribution in [2.24, 2.45) is 5.92 Å². The van der Waals surface area contributed by atoms with E-state index < -0.39 is 36.3 Å². The molecule has 2 N–H and O–H groups in total. The number of nitriles is 1. The fraction of sp³-hybridized carbons (Fsp3) is 0.636. The summed E-state index contributed by atoms with van der Waals surface area (Å²) in [7, 11) is 0. The number of nitrogens with zero attached hydrogens (tertiary/aromatic N) is 4. The van der Waals surface area contributed by atoms with Crippen LogP contribution in [0.3, 0.4) is 0 Å². The first-order valence-corrected chi connectivity index (χ1v) is 11.3. The first kappa shape index (κ1) is 26.7. The van der Waals surface area contributed by atoms with Gasteiger partial charge in [0, 0.05) is 38.9 Å². The summed E-state index contributed by atoms with van der Waals surface area (Å²) in [6.07, 6.45) is -5.63. The molecule has 4 atom stereocenters. The van der Waals surface area contributed by atoms with Gasteiger partial charge in [-0.15, -0.1) is 0 Å². The molecule has 2 aliphatic heterocycles. The third kappa shape index (κ3) is 7.27. The Hall–Kier alpha value is -2.95. The molecule has 0 radical (unpaired) electrons. The summed E-state index contributed by atoms with van der Waals surface area (Å²) in [6, 6.07) is 5.51. The van der Waals surface area contributed by atoms with Crippen LogP contribution in [0.1, 0.15) is 25.8 Å². The highest BCUT2D eigenvalue weighted by molar-refractivity contribution is 5.80. The lowest BCUT2D eigenvalue weighted by atomic mass is 9.99. The van der Waals surface area contributed by atoms with Gasteiger partial charge in [0.2, 0.25) is 11.8 Å². The zero-order valence-corrected chi connectivity index (χ0v) is 19.5. The number of aromatic nitrogens is 1. The SMILES string of the molecule is C[C@@H](CC(=O)N1CCN(c2ccc(C#N)cn2)CC1)OC[C@H](C)OC1CNNC(=O)C1C(F)(F)F. The quantitative estimate of drug-likeness (QED) is 0.545. The fourth-order valence-electron chi connectivity index (χ4n) is 3.98. The summed E-state index contributed by atoms with van der Waals surface area (Å²) < 4.78 is 50.7. The number of pyridine rings is 1. The van der Waals surface area contributed by atoms with Gasteiger partial charge in [-0.3, -0.25) is 15.0 Å². The first-order valence-electron chi connectivity index (χ1n) is 11.3. The Morgan fingerprint density at radius 3 is 2.57 bits per heavy atom. The number of nitrogens with one attached hydrogen (secondary N) is 2. The molecule has 2 aliphatic rings. The number of ether oxygens (including phenoxy) is 2. The second-order valence-electron chi connectivity index (χ2n) is 8.61. The standard InChI is InChI=1S/C22H29F3N6O4/c1-14(34-13-15(2)35-17-12-28-29-21(33)20(17)22(23,24)25)9-19(32)31-7-5-30(6-8-31)18-4-3-16(10-26)11-27-18/h3-4,11,14-15,17,20,28H,5-9,12-13H2,1-2H3,(H,29,33)/t14-,15-,17?,20?/m0/s1. The fourth-order valence-corrected chi connectivity index (χ4v) is 3.98. The van der Waals surface area contributed by atoms with E-state index in [2.05, 4.69) is 10.4 Å². The van der Waals surface area contributed by atoms with E-state index in [0.29, 0.717) is 31.7 Å². The van der Waals surface area contributed by atoms with Crippen molar-refractivity contribution in [3.8, 4) is 6.07 Å². The van der Waals surface area contributed by atoms with Gasteiger partial charge < -0.3 is 19.3 Å². The maximum atomic E-state index is 13.2. The van der Waals surface area contributed by atoms with Gasteiger partial charge in [0.25, 0.3) is 0 Å². The number of hydrogen-bond donors (Lipinski definition) is 2. The van der Waals surface area contributed by atoms with Gasteiger partial charge in [-0.25, -0.2) is 10.4 Å². The van der Waals surface area contributed by atoms with E-state index in [4.69, 9.17) is 14.7 Å². The number of halogens is 3. The molecule has 10 nitrogen and oxygen atoms in total. The van der Waals surface area contributed by atoms with Crippen LogP contribution in [-0.2, 0) is 19.1 Å². The highest BCUT2D eigenvalue weighted by atomic mass is 19.4. The minimum atomic E-state index is -4.72. The van der Waals surface area contributed by atoms with Crippen molar-refractivity contribution in [3.63, 3.8) is 0 Å². The van der Waals surface area contributed by atoms with Gasteiger partial charge in [-0.05, 0) is 26.0 Å². The molecular weight excluding hydrogens is 469 g/mol. The van der Waals surface area contributed by atoms with Crippen LogP contribution in [0.2, 0.25) is 0 Å². The van der Waals surface area contributed by atoms with Crippen molar-refractivity contribution in [2.45, 2.75) is 44.8 Å². The van der Waals surface area contributed by atoms with Crippen LogP contribution in [0.4, 0.5) is 19.0 Å². The molecule has 0 bridgehead atoms. The molecule has 192 valence electrons. The minimum absolute atomic E-state index is 0.0186. The Balaban J connectivity index is 1.40. The molecule has 2 fully saturated rings. The molecule has 3 heterocycles. The smallest absolute Gasteiger partial charge is 0.375 e. The van der Waals surface area contributed by atoms with Crippen molar-refractivity contribution in [1.82, 2.24) is 20.7 Å². The van der Waals surface area contributed by atoms with Crippen molar-refractivity contribution in [3.05, 3.63) is 23.9 Å². The summed E-state index contributed by atoms with van der Waals surface area (Å²) in [6.45, 7) is 5.32. The van der Waals surface area contributed by atoms with Gasteiger partial charge in [0.1, 0.15) is 11.9 Å². The normalized spacial score (nSPS) is 22.8. The second-order valence-corrected chi connectivity index (χ2v) is 8.61. The number of alkyl halides is 3. The highest BCUT2D eigenvalue weighted by Crippen LogP contribution is 2.32. The molecular formula is C22H29F3N6O4. The molecule has 1 aromatic rings. The molecule has 2 unspecified atom stereocenters. The largest absolute Gasteiger partial charge is 0.403 e. The van der Waals surface area contributed by atoms with Crippen LogP contribution in [-0.4, -0.2) is 85.5 Å². The zero-order valence-electron chi connectivity index (χ0n) is 19.5. The molecule has 1 aromatic heterocycles. The Labute approximate surface area is 201 Å². The first-order chi connectivity index (χ1) is 16.6. The van der Waals surface area contributed by atoms with Gasteiger partial charge in [-0.1, -0.05) is 0 Å². The monoisotopic (exact) mass is 498 g/mol. The topological polar surface area (TPSA) is 120 Å². The molecule has 13 heteroatoms. The molecule has 2 amide bonds. The van der Waals surface area contributed by atoms with Gasteiger partial charge in [0.05, 0.1) is 36.9 Å². The predicted octanol–water partition coefficient (Wildman–Crippen LogP) is 0.984. The van der Waals surface area contributed by atoms with Crippen LogP contribution in [0.5, 0.6) is 0 Å². The number of carbonyl (C=O) groups excluding carboxylic acids is 2. The van der Waals surface area contributed by atoms with Crippen LogP contribution in [0.25, 0.3) is 0 Å². The van der Waals surface area contributed by atoms with Gasteiger partial charge >= 0.3 is 6.18 Å². The Bertz CT molecular complexity index is 915. The molecule has 0 aromatic carbocycles. The van der Waals surface area contributed by atoms with E-state index in [-0.39, 0.29) is 25.5 Å². The molecule has 2 saturated heterocycles. The molecule has 3 rings (SSSR count). The molecule has 35 heavy (non-hydrogen) atoms. The number of carbonyl (C=O) groups is 2. The lowest BCUT2D eigenvalue weighted by Crippen LogP contribution is -2.60. The average molecular weight is 499 g/mol. The lowest BCUT2D eigenvalue weighted by molar-refractivity contribution is -0.220. The number of hydrogen-bond acceptors (Lipinski definition) is 8. The third-order valence-electron chi connectivity index (χ3n) is 5.84. The summed E-state index contributed by atoms with van der Waals surface area (Å²) in [5.74, 6) is -2.77. The van der Waals surface area contributed by atoms with E-state index >= 15 is 0 Å². The van der Waals surface area contributed by atoms with Crippen molar-refractivity contribution < 1.29 is 32.2 Å². The summed E-state index contributed by atoms with van der Waals surface area (Å²) in [5.41, 5.74) is 4.87. The predicted molar refractivity (Wildman–Crippen MR) is 118 cm³/mol.